The molecule has 0 aromatic heterocycles. The van der Waals surface area contributed by atoms with Gasteiger partial charge in [0, 0.05) is 26.1 Å². The number of carbonyl (C=O) groups is 1. The van der Waals surface area contributed by atoms with E-state index in [1.165, 1.54) is 25.7 Å². The second-order valence-corrected chi connectivity index (χ2v) is 6.75. The number of ether oxygens (including phenoxy) is 2. The van der Waals surface area contributed by atoms with Crippen LogP contribution in [0.15, 0.2) is 48.6 Å². The Morgan fingerprint density at radius 2 is 1.25 bits per heavy atom. The van der Waals surface area contributed by atoms with Crippen LogP contribution in [0, 0.1) is 0 Å². The van der Waals surface area contributed by atoms with Gasteiger partial charge in [0.1, 0.15) is 0 Å². The minimum atomic E-state index is -0.104. The van der Waals surface area contributed by atoms with Crippen molar-refractivity contribution >= 4 is 5.97 Å². The Bertz CT molecular complexity index is 447. The molecule has 0 rings (SSSR count). The molecule has 160 valence electrons. The molecule has 0 amide bonds. The van der Waals surface area contributed by atoms with Crippen LogP contribution in [0.3, 0.4) is 0 Å². The molecule has 0 aromatic carbocycles. The van der Waals surface area contributed by atoms with Crippen molar-refractivity contribution in [3.63, 3.8) is 0 Å². The quantitative estimate of drug-likeness (QED) is 0.134. The van der Waals surface area contributed by atoms with E-state index in [4.69, 9.17) is 9.47 Å². The fourth-order valence-electron chi connectivity index (χ4n) is 2.49. The van der Waals surface area contributed by atoms with E-state index in [9.17, 15) is 4.79 Å². The van der Waals surface area contributed by atoms with Gasteiger partial charge in [0.2, 0.25) is 0 Å². The number of esters is 1. The van der Waals surface area contributed by atoms with Crippen molar-refractivity contribution in [2.45, 2.75) is 84.5 Å². The van der Waals surface area contributed by atoms with Gasteiger partial charge >= 0.3 is 5.97 Å². The second kappa shape index (κ2) is 23.4. The SMILES string of the molecule is CCCCCC=CCC=CCC=CCC=CCCCC(=O)OCCCOCC. The van der Waals surface area contributed by atoms with Gasteiger partial charge in [-0.25, -0.2) is 0 Å². The van der Waals surface area contributed by atoms with E-state index in [1.807, 2.05) is 6.92 Å². The monoisotopic (exact) mass is 390 g/mol. The molecule has 0 aliphatic rings. The van der Waals surface area contributed by atoms with Crippen molar-refractivity contribution in [2.24, 2.45) is 0 Å². The molecule has 0 aliphatic carbocycles. The Balaban J connectivity index is 3.44. The molecular formula is C25H42O3. The van der Waals surface area contributed by atoms with Crippen molar-refractivity contribution < 1.29 is 14.3 Å². The third-order valence-corrected chi connectivity index (χ3v) is 4.11. The molecule has 0 saturated carbocycles. The van der Waals surface area contributed by atoms with Crippen LogP contribution in [0.4, 0.5) is 0 Å². The molecule has 0 saturated heterocycles. The molecule has 0 spiro atoms. The zero-order chi connectivity index (χ0) is 20.5. The molecule has 0 bridgehead atoms. The van der Waals surface area contributed by atoms with Gasteiger partial charge in [-0.15, -0.1) is 0 Å². The smallest absolute Gasteiger partial charge is 0.305 e. The first kappa shape index (κ1) is 26.4. The number of hydrogen-bond acceptors (Lipinski definition) is 3. The Labute approximate surface area is 173 Å². The number of rotatable bonds is 19. The van der Waals surface area contributed by atoms with Gasteiger partial charge in [-0.05, 0) is 51.9 Å². The minimum Gasteiger partial charge on any atom is -0.466 e. The number of carbonyl (C=O) groups excluding carboxylic acids is 1. The summed E-state index contributed by atoms with van der Waals surface area (Å²) in [6, 6.07) is 0. The van der Waals surface area contributed by atoms with Gasteiger partial charge in [0.15, 0.2) is 0 Å². The van der Waals surface area contributed by atoms with Crippen LogP contribution >= 0.6 is 0 Å². The average molecular weight is 391 g/mol. The van der Waals surface area contributed by atoms with Crippen molar-refractivity contribution in [2.75, 3.05) is 19.8 Å². The van der Waals surface area contributed by atoms with Gasteiger partial charge < -0.3 is 9.47 Å². The van der Waals surface area contributed by atoms with Gasteiger partial charge in [0.05, 0.1) is 6.61 Å². The van der Waals surface area contributed by atoms with E-state index < -0.39 is 0 Å². The first-order valence-electron chi connectivity index (χ1n) is 11.1. The lowest BCUT2D eigenvalue weighted by atomic mass is 10.2. The van der Waals surface area contributed by atoms with E-state index in [1.54, 1.807) is 0 Å². The maximum Gasteiger partial charge on any atom is 0.305 e. The molecule has 0 aliphatic heterocycles. The van der Waals surface area contributed by atoms with Crippen LogP contribution in [0.25, 0.3) is 0 Å². The summed E-state index contributed by atoms with van der Waals surface area (Å²) in [5.74, 6) is -0.104. The highest BCUT2D eigenvalue weighted by molar-refractivity contribution is 5.69. The number of unbranched alkanes of at least 4 members (excludes halogenated alkanes) is 4. The minimum absolute atomic E-state index is 0.104. The first-order valence-corrected chi connectivity index (χ1v) is 11.1. The van der Waals surface area contributed by atoms with E-state index in [-0.39, 0.29) is 5.97 Å². The maximum atomic E-state index is 11.5. The number of allylic oxidation sites excluding steroid dienone is 8. The van der Waals surface area contributed by atoms with E-state index in [2.05, 4.69) is 55.5 Å². The summed E-state index contributed by atoms with van der Waals surface area (Å²) in [7, 11) is 0. The summed E-state index contributed by atoms with van der Waals surface area (Å²) in [6.45, 7) is 6.03. The molecule has 0 fully saturated rings. The molecule has 0 heterocycles. The summed E-state index contributed by atoms with van der Waals surface area (Å²) in [5.41, 5.74) is 0. The van der Waals surface area contributed by atoms with Crippen LogP contribution in [-0.2, 0) is 14.3 Å². The lowest BCUT2D eigenvalue weighted by molar-refractivity contribution is -0.144. The molecule has 28 heavy (non-hydrogen) atoms. The molecule has 3 nitrogen and oxygen atoms in total. The third-order valence-electron chi connectivity index (χ3n) is 4.11. The second-order valence-electron chi connectivity index (χ2n) is 6.75. The molecule has 0 aromatic rings. The van der Waals surface area contributed by atoms with Crippen molar-refractivity contribution in [1.29, 1.82) is 0 Å². The zero-order valence-electron chi connectivity index (χ0n) is 18.2. The third kappa shape index (κ3) is 22.4. The van der Waals surface area contributed by atoms with Gasteiger partial charge in [0.25, 0.3) is 0 Å². The predicted octanol–water partition coefficient (Wildman–Crippen LogP) is 7.10. The molecule has 0 radical (unpaired) electrons. The lowest BCUT2D eigenvalue weighted by Crippen LogP contribution is -2.07. The zero-order valence-corrected chi connectivity index (χ0v) is 18.2. The fourth-order valence-corrected chi connectivity index (χ4v) is 2.49. The summed E-state index contributed by atoms with van der Waals surface area (Å²) in [5, 5.41) is 0. The summed E-state index contributed by atoms with van der Waals surface area (Å²) >= 11 is 0. The van der Waals surface area contributed by atoms with E-state index in [0.717, 1.165) is 38.5 Å². The van der Waals surface area contributed by atoms with Gasteiger partial charge in [-0.1, -0.05) is 68.4 Å². The predicted molar refractivity (Wildman–Crippen MR) is 120 cm³/mol. The average Bonchev–Trinajstić information content (AvgIpc) is 2.70. The molecule has 0 N–H and O–H groups in total. The Hall–Kier alpha value is -1.61. The summed E-state index contributed by atoms with van der Waals surface area (Å²) in [4.78, 5) is 11.5. The molecular weight excluding hydrogens is 348 g/mol. The van der Waals surface area contributed by atoms with Crippen molar-refractivity contribution in [1.82, 2.24) is 0 Å². The van der Waals surface area contributed by atoms with Crippen molar-refractivity contribution in [3.8, 4) is 0 Å². The van der Waals surface area contributed by atoms with Crippen LogP contribution in [-0.4, -0.2) is 25.8 Å². The first-order chi connectivity index (χ1) is 13.8. The normalized spacial score (nSPS) is 12.2. The topological polar surface area (TPSA) is 35.5 Å². The van der Waals surface area contributed by atoms with Gasteiger partial charge in [-0.2, -0.15) is 0 Å². The fraction of sp³-hybridized carbons (Fsp3) is 0.640. The van der Waals surface area contributed by atoms with E-state index in [0.29, 0.717) is 26.2 Å². The number of hydrogen-bond donors (Lipinski definition) is 0. The van der Waals surface area contributed by atoms with Crippen LogP contribution < -0.4 is 0 Å². The van der Waals surface area contributed by atoms with Crippen LogP contribution in [0.5, 0.6) is 0 Å². The lowest BCUT2D eigenvalue weighted by Gasteiger charge is -2.04. The standard InChI is InChI=1S/C25H42O3/c1-3-5-6-7-8-9-10-11-12-13-14-15-16-17-18-19-20-22-25(26)28-24-21-23-27-4-2/h8-9,11-12,14-15,17-18H,3-7,10,13,16,19-24H2,1-2H3. The highest BCUT2D eigenvalue weighted by atomic mass is 16.5. The highest BCUT2D eigenvalue weighted by Crippen LogP contribution is 2.02. The van der Waals surface area contributed by atoms with Gasteiger partial charge in [-0.3, -0.25) is 4.79 Å². The molecule has 0 unspecified atom stereocenters. The summed E-state index contributed by atoms with van der Waals surface area (Å²) in [6.07, 6.45) is 28.9. The molecule has 3 heteroatoms. The van der Waals surface area contributed by atoms with Crippen LogP contribution in [0.2, 0.25) is 0 Å². The molecule has 0 atom stereocenters. The maximum absolute atomic E-state index is 11.5. The Kier molecular flexibility index (Phi) is 22.1. The largest absolute Gasteiger partial charge is 0.466 e. The Morgan fingerprint density at radius 3 is 1.82 bits per heavy atom. The van der Waals surface area contributed by atoms with E-state index >= 15 is 0 Å². The Morgan fingerprint density at radius 1 is 0.679 bits per heavy atom. The summed E-state index contributed by atoms with van der Waals surface area (Å²) < 4.78 is 10.4. The van der Waals surface area contributed by atoms with Crippen molar-refractivity contribution in [3.05, 3.63) is 48.6 Å². The highest BCUT2D eigenvalue weighted by Gasteiger charge is 2.01. The van der Waals surface area contributed by atoms with Crippen LogP contribution in [0.1, 0.15) is 84.5 Å².